The van der Waals surface area contributed by atoms with Gasteiger partial charge in [0.2, 0.25) is 0 Å². The highest BCUT2D eigenvalue weighted by atomic mass is 16.6. The Morgan fingerprint density at radius 3 is 1.91 bits per heavy atom. The van der Waals surface area contributed by atoms with Gasteiger partial charge in [0.25, 0.3) is 0 Å². The first-order chi connectivity index (χ1) is 21.4. The molecule has 3 rings (SSSR count). The fourth-order valence-electron chi connectivity index (χ4n) is 5.47. The zero-order valence-electron chi connectivity index (χ0n) is 27.1. The number of unbranched alkanes of at least 4 members (excludes halogenated alkanes) is 2. The van der Waals surface area contributed by atoms with E-state index < -0.39 is 5.97 Å². The van der Waals surface area contributed by atoms with Gasteiger partial charge in [-0.15, -0.1) is 0 Å². The van der Waals surface area contributed by atoms with Crippen LogP contribution in [0.2, 0.25) is 0 Å². The maximum absolute atomic E-state index is 12.8. The zero-order valence-corrected chi connectivity index (χ0v) is 27.1. The molecule has 0 saturated heterocycles. The smallest absolute Gasteiger partial charge is 0.338 e. The van der Waals surface area contributed by atoms with Gasteiger partial charge in [-0.05, 0) is 61.1 Å². The summed E-state index contributed by atoms with van der Waals surface area (Å²) >= 11 is 0. The van der Waals surface area contributed by atoms with Crippen LogP contribution in [-0.4, -0.2) is 43.2 Å². The Labute approximate surface area is 264 Å². The number of anilines is 1. The van der Waals surface area contributed by atoms with Crippen molar-refractivity contribution in [2.45, 2.75) is 79.1 Å². The van der Waals surface area contributed by atoms with Crippen molar-refractivity contribution < 1.29 is 24.2 Å². The molecule has 6 nitrogen and oxygen atoms in total. The lowest BCUT2D eigenvalue weighted by Gasteiger charge is -2.32. The highest BCUT2D eigenvalue weighted by Crippen LogP contribution is 2.27. The molecule has 0 spiro atoms. The minimum Gasteiger partial charge on any atom is -0.507 e. The summed E-state index contributed by atoms with van der Waals surface area (Å²) < 4.78 is 11.1. The zero-order chi connectivity index (χ0) is 31.7. The highest BCUT2D eigenvalue weighted by molar-refractivity contribution is 6.10. The molecule has 0 radical (unpaired) electrons. The SMILES string of the molecule is CCCCC(CC)CN(CC(CC)CCCC)c1ccc(C(=O)OCCOc2ccc(C(=O)c3ccccc3)c(O)c2)cc1. The number of ether oxygens (including phenoxy) is 2. The monoisotopic (exact) mass is 601 g/mol. The molecule has 3 aromatic carbocycles. The summed E-state index contributed by atoms with van der Waals surface area (Å²) in [5.41, 5.74) is 2.36. The molecular formula is C38H51NO5. The summed E-state index contributed by atoms with van der Waals surface area (Å²) in [5.74, 6) is 0.884. The molecule has 2 unspecified atom stereocenters. The third-order valence-corrected chi connectivity index (χ3v) is 8.35. The van der Waals surface area contributed by atoms with Crippen molar-refractivity contribution in [3.05, 3.63) is 89.5 Å². The predicted octanol–water partition coefficient (Wildman–Crippen LogP) is 9.10. The minimum atomic E-state index is -0.401. The van der Waals surface area contributed by atoms with Gasteiger partial charge in [-0.25, -0.2) is 4.79 Å². The average molecular weight is 602 g/mol. The van der Waals surface area contributed by atoms with Crippen molar-refractivity contribution in [1.82, 2.24) is 0 Å². The number of benzene rings is 3. The number of hydrogen-bond acceptors (Lipinski definition) is 6. The van der Waals surface area contributed by atoms with E-state index in [0.717, 1.165) is 18.8 Å². The van der Waals surface area contributed by atoms with E-state index in [9.17, 15) is 14.7 Å². The first-order valence-electron chi connectivity index (χ1n) is 16.5. The van der Waals surface area contributed by atoms with Gasteiger partial charge in [-0.3, -0.25) is 4.79 Å². The van der Waals surface area contributed by atoms with E-state index in [2.05, 4.69) is 32.6 Å². The molecule has 0 amide bonds. The number of esters is 1. The number of nitrogens with zero attached hydrogens (tertiary/aromatic N) is 1. The van der Waals surface area contributed by atoms with E-state index in [0.29, 0.717) is 28.7 Å². The van der Waals surface area contributed by atoms with Crippen molar-refractivity contribution in [3.8, 4) is 11.5 Å². The number of carbonyl (C=O) groups is 2. The van der Waals surface area contributed by atoms with Crippen molar-refractivity contribution >= 4 is 17.4 Å². The van der Waals surface area contributed by atoms with Gasteiger partial charge in [0.1, 0.15) is 24.7 Å². The van der Waals surface area contributed by atoms with Crippen molar-refractivity contribution in [2.24, 2.45) is 11.8 Å². The molecule has 0 aliphatic heterocycles. The van der Waals surface area contributed by atoms with Crippen LogP contribution in [-0.2, 0) is 4.74 Å². The van der Waals surface area contributed by atoms with Crippen LogP contribution >= 0.6 is 0 Å². The van der Waals surface area contributed by atoms with Gasteiger partial charge in [0.15, 0.2) is 5.78 Å². The molecular weight excluding hydrogens is 550 g/mol. The fraction of sp³-hybridized carbons (Fsp3) is 0.474. The third kappa shape index (κ3) is 10.7. The Morgan fingerprint density at radius 1 is 0.750 bits per heavy atom. The number of phenolic OH excluding ortho intramolecular Hbond substituents is 1. The Kier molecular flexibility index (Phi) is 14.8. The first kappa shape index (κ1) is 34.7. The van der Waals surface area contributed by atoms with Crippen LogP contribution in [0.5, 0.6) is 11.5 Å². The Bertz CT molecular complexity index is 1260. The van der Waals surface area contributed by atoms with Gasteiger partial charge >= 0.3 is 5.97 Å². The molecule has 6 heteroatoms. The average Bonchev–Trinajstić information content (AvgIpc) is 3.06. The van der Waals surface area contributed by atoms with Crippen LogP contribution in [0.15, 0.2) is 72.8 Å². The molecule has 0 aliphatic carbocycles. The van der Waals surface area contributed by atoms with Gasteiger partial charge in [-0.1, -0.05) is 96.6 Å². The van der Waals surface area contributed by atoms with Crippen LogP contribution < -0.4 is 9.64 Å². The minimum absolute atomic E-state index is 0.0589. The molecule has 238 valence electrons. The van der Waals surface area contributed by atoms with Crippen molar-refractivity contribution in [2.75, 3.05) is 31.2 Å². The van der Waals surface area contributed by atoms with Gasteiger partial charge < -0.3 is 19.5 Å². The van der Waals surface area contributed by atoms with E-state index in [-0.39, 0.29) is 30.3 Å². The standard InChI is InChI=1S/C38H51NO5/c1-5-9-14-29(7-3)27-39(28-30(8-4)15-10-6-2)33-20-18-32(19-21-33)38(42)44-25-24-43-34-22-23-35(36(40)26-34)37(41)31-16-12-11-13-17-31/h11-13,16-23,26,29-30,40H,5-10,14-15,24-25,27-28H2,1-4H3. The Balaban J connectivity index is 1.56. The van der Waals surface area contributed by atoms with Gasteiger partial charge in [-0.2, -0.15) is 0 Å². The predicted molar refractivity (Wildman–Crippen MR) is 179 cm³/mol. The lowest BCUT2D eigenvalue weighted by molar-refractivity contribution is 0.0450. The van der Waals surface area contributed by atoms with E-state index >= 15 is 0 Å². The highest BCUT2D eigenvalue weighted by Gasteiger charge is 2.19. The maximum atomic E-state index is 12.8. The second-order valence-corrected chi connectivity index (χ2v) is 11.6. The van der Waals surface area contributed by atoms with Crippen LogP contribution in [0.3, 0.4) is 0 Å². The van der Waals surface area contributed by atoms with Crippen LogP contribution in [0, 0.1) is 11.8 Å². The Morgan fingerprint density at radius 2 is 1.36 bits per heavy atom. The summed E-state index contributed by atoms with van der Waals surface area (Å²) in [5, 5.41) is 10.4. The lowest BCUT2D eigenvalue weighted by atomic mass is 9.95. The second kappa shape index (κ2) is 18.8. The van der Waals surface area contributed by atoms with E-state index in [1.54, 1.807) is 30.3 Å². The molecule has 2 atom stereocenters. The van der Waals surface area contributed by atoms with Crippen LogP contribution in [0.1, 0.15) is 105 Å². The van der Waals surface area contributed by atoms with Crippen LogP contribution in [0.25, 0.3) is 0 Å². The van der Waals surface area contributed by atoms with Gasteiger partial charge in [0, 0.05) is 30.4 Å². The number of hydrogen-bond donors (Lipinski definition) is 1. The summed E-state index contributed by atoms with van der Waals surface area (Å²) in [6.07, 6.45) is 9.79. The fourth-order valence-corrected chi connectivity index (χ4v) is 5.47. The summed E-state index contributed by atoms with van der Waals surface area (Å²) in [4.78, 5) is 27.9. The number of rotatable bonds is 20. The van der Waals surface area contributed by atoms with E-state index in [1.807, 2.05) is 30.3 Å². The third-order valence-electron chi connectivity index (χ3n) is 8.35. The van der Waals surface area contributed by atoms with Crippen molar-refractivity contribution in [1.29, 1.82) is 0 Å². The summed E-state index contributed by atoms with van der Waals surface area (Å²) in [6, 6.07) is 21.2. The van der Waals surface area contributed by atoms with E-state index in [4.69, 9.17) is 9.47 Å². The Hall–Kier alpha value is -3.80. The molecule has 0 bridgehead atoms. The second-order valence-electron chi connectivity index (χ2n) is 11.6. The molecule has 0 aromatic heterocycles. The lowest BCUT2D eigenvalue weighted by Crippen LogP contribution is -2.34. The number of phenols is 1. The maximum Gasteiger partial charge on any atom is 0.338 e. The van der Waals surface area contributed by atoms with E-state index in [1.165, 1.54) is 63.5 Å². The topological polar surface area (TPSA) is 76.1 Å². The van der Waals surface area contributed by atoms with Crippen molar-refractivity contribution in [3.63, 3.8) is 0 Å². The molecule has 0 heterocycles. The molecule has 0 saturated carbocycles. The number of carbonyl (C=O) groups excluding carboxylic acids is 2. The van der Waals surface area contributed by atoms with Gasteiger partial charge in [0.05, 0.1) is 11.1 Å². The molecule has 1 N–H and O–H groups in total. The number of aromatic hydroxyl groups is 1. The quantitative estimate of drug-likeness (QED) is 0.0791. The molecule has 0 aliphatic rings. The summed E-state index contributed by atoms with van der Waals surface area (Å²) in [7, 11) is 0. The number of ketones is 1. The van der Waals surface area contributed by atoms with Crippen LogP contribution in [0.4, 0.5) is 5.69 Å². The normalized spacial score (nSPS) is 12.4. The molecule has 44 heavy (non-hydrogen) atoms. The summed E-state index contributed by atoms with van der Waals surface area (Å²) in [6.45, 7) is 11.4. The largest absolute Gasteiger partial charge is 0.507 e. The first-order valence-corrected chi connectivity index (χ1v) is 16.5. The molecule has 0 fully saturated rings. The molecule has 3 aromatic rings.